The van der Waals surface area contributed by atoms with Crippen LogP contribution in [-0.2, 0) is 4.79 Å². The van der Waals surface area contributed by atoms with Gasteiger partial charge in [0.05, 0.1) is 0 Å². The molecule has 1 unspecified atom stereocenters. The molecule has 2 rings (SSSR count). The molecule has 0 bridgehead atoms. The van der Waals surface area contributed by atoms with Crippen molar-refractivity contribution in [2.24, 2.45) is 5.92 Å². The summed E-state index contributed by atoms with van der Waals surface area (Å²) in [5.74, 6) is 0.186. The van der Waals surface area contributed by atoms with Crippen LogP contribution >= 0.6 is 0 Å². The van der Waals surface area contributed by atoms with Crippen LogP contribution in [-0.4, -0.2) is 31.2 Å². The lowest BCUT2D eigenvalue weighted by atomic mass is 10.1. The minimum atomic E-state index is -1.64. The number of carbonyl (C=O) groups excluding carboxylic acids is 1. The maximum absolute atomic E-state index is 13.7. The molecule has 74 valence electrons. The van der Waals surface area contributed by atoms with Crippen molar-refractivity contribution in [3.8, 4) is 0 Å². The van der Waals surface area contributed by atoms with Crippen molar-refractivity contribution in [1.82, 2.24) is 10.6 Å². The minimum Gasteiger partial charge on any atom is -0.353 e. The number of halogens is 1. The number of hydrogen-bond donors (Lipinski definition) is 2. The summed E-state index contributed by atoms with van der Waals surface area (Å²) in [5.41, 5.74) is -1.64. The van der Waals surface area contributed by atoms with Crippen LogP contribution in [0.15, 0.2) is 0 Å². The summed E-state index contributed by atoms with van der Waals surface area (Å²) in [6.45, 7) is 1.43. The van der Waals surface area contributed by atoms with Gasteiger partial charge in [-0.1, -0.05) is 0 Å². The van der Waals surface area contributed by atoms with Crippen molar-refractivity contribution in [2.45, 2.75) is 24.9 Å². The molecule has 1 atom stereocenters. The number of alkyl halides is 1. The zero-order chi connectivity index (χ0) is 9.31. The predicted molar refractivity (Wildman–Crippen MR) is 47.1 cm³/mol. The Morgan fingerprint density at radius 2 is 2.38 bits per heavy atom. The first-order chi connectivity index (χ1) is 6.21. The average Bonchev–Trinajstić information content (AvgIpc) is 2.84. The van der Waals surface area contributed by atoms with Crippen molar-refractivity contribution in [1.29, 1.82) is 0 Å². The Kier molecular flexibility index (Phi) is 2.24. The largest absolute Gasteiger partial charge is 0.353 e. The van der Waals surface area contributed by atoms with Gasteiger partial charge in [-0.3, -0.25) is 4.79 Å². The predicted octanol–water partition coefficient (Wildman–Crippen LogP) is 0.214. The number of rotatable bonds is 3. The van der Waals surface area contributed by atoms with Crippen molar-refractivity contribution in [2.75, 3.05) is 19.6 Å². The zero-order valence-corrected chi connectivity index (χ0v) is 7.61. The SMILES string of the molecule is O=C(NCC1CC1)C1(F)CCNC1. The fourth-order valence-corrected chi connectivity index (χ4v) is 1.57. The molecule has 0 aromatic rings. The van der Waals surface area contributed by atoms with Gasteiger partial charge in [0.2, 0.25) is 5.67 Å². The van der Waals surface area contributed by atoms with Crippen LogP contribution < -0.4 is 10.6 Å². The maximum Gasteiger partial charge on any atom is 0.259 e. The van der Waals surface area contributed by atoms with Gasteiger partial charge in [-0.15, -0.1) is 0 Å². The first-order valence-electron chi connectivity index (χ1n) is 4.89. The van der Waals surface area contributed by atoms with Gasteiger partial charge in [0, 0.05) is 19.5 Å². The van der Waals surface area contributed by atoms with E-state index in [4.69, 9.17) is 0 Å². The summed E-state index contributed by atoms with van der Waals surface area (Å²) in [6, 6.07) is 0. The van der Waals surface area contributed by atoms with Gasteiger partial charge < -0.3 is 10.6 Å². The zero-order valence-electron chi connectivity index (χ0n) is 7.61. The maximum atomic E-state index is 13.7. The van der Waals surface area contributed by atoms with E-state index in [1.54, 1.807) is 0 Å². The molecular formula is C9H15FN2O. The minimum absolute atomic E-state index is 0.170. The lowest BCUT2D eigenvalue weighted by Gasteiger charge is -2.17. The number of carbonyl (C=O) groups is 1. The van der Waals surface area contributed by atoms with Crippen molar-refractivity contribution >= 4 is 5.91 Å². The number of hydrogen-bond acceptors (Lipinski definition) is 2. The van der Waals surface area contributed by atoms with E-state index in [0.717, 1.165) is 0 Å². The molecule has 2 N–H and O–H groups in total. The van der Waals surface area contributed by atoms with E-state index in [9.17, 15) is 9.18 Å². The van der Waals surface area contributed by atoms with E-state index >= 15 is 0 Å². The third-order valence-electron chi connectivity index (χ3n) is 2.76. The molecule has 2 fully saturated rings. The molecule has 1 aliphatic carbocycles. The molecule has 13 heavy (non-hydrogen) atoms. The Morgan fingerprint density at radius 1 is 1.62 bits per heavy atom. The quantitative estimate of drug-likeness (QED) is 0.661. The molecule has 0 aromatic heterocycles. The van der Waals surface area contributed by atoms with E-state index in [1.807, 2.05) is 0 Å². The van der Waals surface area contributed by atoms with Crippen molar-refractivity contribution in [3.05, 3.63) is 0 Å². The summed E-state index contributed by atoms with van der Waals surface area (Å²) < 4.78 is 13.7. The molecule has 0 radical (unpaired) electrons. The van der Waals surface area contributed by atoms with E-state index in [-0.39, 0.29) is 6.54 Å². The third-order valence-corrected chi connectivity index (χ3v) is 2.76. The first kappa shape index (κ1) is 8.94. The summed E-state index contributed by atoms with van der Waals surface area (Å²) >= 11 is 0. The third kappa shape index (κ3) is 1.99. The van der Waals surface area contributed by atoms with Crippen LogP contribution in [0, 0.1) is 5.92 Å². The van der Waals surface area contributed by atoms with Crippen LogP contribution in [0.25, 0.3) is 0 Å². The highest BCUT2D eigenvalue weighted by atomic mass is 19.1. The molecule has 3 nitrogen and oxygen atoms in total. The fourth-order valence-electron chi connectivity index (χ4n) is 1.57. The molecule has 1 saturated carbocycles. The summed E-state index contributed by atoms with van der Waals surface area (Å²) in [5, 5.41) is 5.53. The van der Waals surface area contributed by atoms with E-state index in [0.29, 0.717) is 25.4 Å². The van der Waals surface area contributed by atoms with Gasteiger partial charge in [0.15, 0.2) is 0 Å². The molecule has 1 aliphatic heterocycles. The van der Waals surface area contributed by atoms with E-state index < -0.39 is 11.6 Å². The number of nitrogens with one attached hydrogen (secondary N) is 2. The van der Waals surface area contributed by atoms with Gasteiger partial charge in [-0.25, -0.2) is 4.39 Å². The molecule has 0 aromatic carbocycles. The Balaban J connectivity index is 1.80. The molecule has 4 heteroatoms. The lowest BCUT2D eigenvalue weighted by molar-refractivity contribution is -0.131. The monoisotopic (exact) mass is 186 g/mol. The van der Waals surface area contributed by atoms with Crippen molar-refractivity contribution < 1.29 is 9.18 Å². The van der Waals surface area contributed by atoms with Gasteiger partial charge >= 0.3 is 0 Å². The van der Waals surface area contributed by atoms with Crippen LogP contribution in [0.4, 0.5) is 4.39 Å². The molecule has 1 amide bonds. The smallest absolute Gasteiger partial charge is 0.259 e. The van der Waals surface area contributed by atoms with Crippen LogP contribution in [0.5, 0.6) is 0 Å². The lowest BCUT2D eigenvalue weighted by Crippen LogP contribution is -2.45. The summed E-state index contributed by atoms with van der Waals surface area (Å²) in [4.78, 5) is 11.4. The molecule has 0 spiro atoms. The summed E-state index contributed by atoms with van der Waals surface area (Å²) in [7, 11) is 0. The number of amides is 1. The molecule has 2 aliphatic rings. The second kappa shape index (κ2) is 3.25. The van der Waals surface area contributed by atoms with Crippen LogP contribution in [0.2, 0.25) is 0 Å². The van der Waals surface area contributed by atoms with Crippen LogP contribution in [0.1, 0.15) is 19.3 Å². The Hall–Kier alpha value is -0.640. The van der Waals surface area contributed by atoms with E-state index in [1.165, 1.54) is 12.8 Å². The van der Waals surface area contributed by atoms with Crippen molar-refractivity contribution in [3.63, 3.8) is 0 Å². The molecule has 1 saturated heterocycles. The Labute approximate surface area is 77.1 Å². The summed E-state index contributed by atoms with van der Waals surface area (Å²) in [6.07, 6.45) is 2.67. The molecule has 1 heterocycles. The standard InChI is InChI=1S/C9H15FN2O/c10-9(3-4-11-6-9)8(13)12-5-7-1-2-7/h7,11H,1-6H2,(H,12,13). The second-order valence-corrected chi connectivity index (χ2v) is 4.05. The van der Waals surface area contributed by atoms with Gasteiger partial charge in [0.25, 0.3) is 5.91 Å². The fraction of sp³-hybridized carbons (Fsp3) is 0.889. The van der Waals surface area contributed by atoms with E-state index in [2.05, 4.69) is 10.6 Å². The highest BCUT2D eigenvalue weighted by Crippen LogP contribution is 2.28. The Morgan fingerprint density at radius 3 is 2.92 bits per heavy atom. The normalized spacial score (nSPS) is 33.3. The van der Waals surface area contributed by atoms with Gasteiger partial charge in [-0.05, 0) is 25.3 Å². The highest BCUT2D eigenvalue weighted by Gasteiger charge is 2.41. The van der Waals surface area contributed by atoms with Gasteiger partial charge in [-0.2, -0.15) is 0 Å². The van der Waals surface area contributed by atoms with Crippen LogP contribution in [0.3, 0.4) is 0 Å². The Bertz CT molecular complexity index is 210. The average molecular weight is 186 g/mol. The molecular weight excluding hydrogens is 171 g/mol. The first-order valence-corrected chi connectivity index (χ1v) is 4.89. The van der Waals surface area contributed by atoms with Gasteiger partial charge in [0.1, 0.15) is 0 Å². The topological polar surface area (TPSA) is 41.1 Å². The highest BCUT2D eigenvalue weighted by molar-refractivity contribution is 5.85. The second-order valence-electron chi connectivity index (χ2n) is 4.05.